The molecule has 7 rings (SSSR count). The summed E-state index contributed by atoms with van der Waals surface area (Å²) < 4.78 is 43.7. The lowest BCUT2D eigenvalue weighted by atomic mass is 9.78. The van der Waals surface area contributed by atoms with Gasteiger partial charge in [-0.2, -0.15) is 0 Å². The molecule has 0 saturated carbocycles. The largest absolute Gasteiger partial charge is 0.494 e. The van der Waals surface area contributed by atoms with Gasteiger partial charge in [-0.3, -0.25) is 29.4 Å². The van der Waals surface area contributed by atoms with Gasteiger partial charge in [0.05, 0.1) is 29.2 Å². The zero-order valence-corrected chi connectivity index (χ0v) is 37.5. The summed E-state index contributed by atoms with van der Waals surface area (Å²) >= 11 is 0. The number of rotatable bonds is 23. The maximum Gasteiger partial charge on any atom is 0.262 e. The van der Waals surface area contributed by atoms with E-state index >= 15 is 0 Å². The van der Waals surface area contributed by atoms with E-state index in [1.807, 2.05) is 24.3 Å². The van der Waals surface area contributed by atoms with Crippen LogP contribution in [0.1, 0.15) is 122 Å². The number of aromatic nitrogens is 2. The summed E-state index contributed by atoms with van der Waals surface area (Å²) in [6.07, 6.45) is 10.8. The number of fused-ring (bicyclic) bond motifs is 1. The Balaban J connectivity index is 0.703. The molecule has 3 aromatic carbocycles. The summed E-state index contributed by atoms with van der Waals surface area (Å²) in [5, 5.41) is 5.52. The Labute approximate surface area is 375 Å². The lowest BCUT2D eigenvalue weighted by Crippen LogP contribution is -2.54. The lowest BCUT2D eigenvalue weighted by Gasteiger charge is -2.27. The molecule has 0 radical (unpaired) electrons. The number of piperidine rings is 1. The fraction of sp³-hybridized carbons (Fsp3) is 0.458. The van der Waals surface area contributed by atoms with Crippen LogP contribution in [0.2, 0.25) is 0 Å². The van der Waals surface area contributed by atoms with Gasteiger partial charge in [0.2, 0.25) is 27.8 Å². The highest BCUT2D eigenvalue weighted by atomic mass is 32.2. The van der Waals surface area contributed by atoms with Gasteiger partial charge in [0.1, 0.15) is 24.1 Å². The molecule has 0 spiro atoms. The summed E-state index contributed by atoms with van der Waals surface area (Å²) in [5.41, 5.74) is 3.95. The van der Waals surface area contributed by atoms with Crippen LogP contribution in [0.15, 0.2) is 79.0 Å². The number of hydrogen-bond acceptors (Lipinski definition) is 12. The predicted molar refractivity (Wildman–Crippen MR) is 242 cm³/mol. The number of nitrogens with zero attached hydrogens (tertiary/aromatic N) is 4. The van der Waals surface area contributed by atoms with Gasteiger partial charge >= 0.3 is 0 Å². The van der Waals surface area contributed by atoms with Gasteiger partial charge < -0.3 is 19.5 Å². The molecule has 2 fully saturated rings. The number of carbonyl (C=O) groups is 4. The van der Waals surface area contributed by atoms with Gasteiger partial charge in [-0.05, 0) is 98.2 Å². The number of benzene rings is 3. The first-order valence-corrected chi connectivity index (χ1v) is 24.0. The SMILES string of the molecule is CC(C)(c1ccc(OCCCCCCCCOCCCCNc2ccc3c(c2)C(=O)N(C2CCC(=O)NC2=O)C3=O)cc1)c1ccc(OCc2ccnc(N3CCCS3(=O)=O)n2)cc1. The second-order valence-corrected chi connectivity index (χ2v) is 19.0. The average molecular weight is 895 g/mol. The van der Waals surface area contributed by atoms with E-state index in [0.717, 1.165) is 73.5 Å². The van der Waals surface area contributed by atoms with E-state index in [1.165, 1.54) is 16.3 Å². The molecule has 64 heavy (non-hydrogen) atoms. The molecule has 2 saturated heterocycles. The smallest absolute Gasteiger partial charge is 0.262 e. The molecule has 4 aromatic rings. The molecule has 4 heterocycles. The minimum atomic E-state index is -3.35. The van der Waals surface area contributed by atoms with Crippen molar-refractivity contribution in [2.45, 2.75) is 103 Å². The van der Waals surface area contributed by atoms with Gasteiger partial charge in [-0.1, -0.05) is 63.8 Å². The van der Waals surface area contributed by atoms with E-state index < -0.39 is 39.7 Å². The van der Waals surface area contributed by atoms with Crippen LogP contribution in [-0.4, -0.2) is 91.6 Å². The van der Waals surface area contributed by atoms with Crippen molar-refractivity contribution >= 4 is 45.3 Å². The summed E-state index contributed by atoms with van der Waals surface area (Å²) in [5.74, 6) is -0.163. The van der Waals surface area contributed by atoms with E-state index in [1.54, 1.807) is 30.5 Å². The quantitative estimate of drug-likeness (QED) is 0.0578. The third-order valence-corrected chi connectivity index (χ3v) is 13.8. The third-order valence-electron chi connectivity index (χ3n) is 12.0. The molecule has 1 atom stereocenters. The Morgan fingerprint density at radius 3 is 2.08 bits per heavy atom. The van der Waals surface area contributed by atoms with Crippen LogP contribution >= 0.6 is 0 Å². The predicted octanol–water partition coefficient (Wildman–Crippen LogP) is 6.95. The monoisotopic (exact) mass is 894 g/mol. The van der Waals surface area contributed by atoms with Gasteiger partial charge in [-0.15, -0.1) is 0 Å². The highest BCUT2D eigenvalue weighted by molar-refractivity contribution is 7.93. The first kappa shape index (κ1) is 46.1. The van der Waals surface area contributed by atoms with Crippen molar-refractivity contribution < 1.29 is 41.8 Å². The van der Waals surface area contributed by atoms with Crippen LogP contribution in [0.5, 0.6) is 11.5 Å². The highest BCUT2D eigenvalue weighted by Crippen LogP contribution is 2.34. The molecular weight excluding hydrogens is 837 g/mol. The zero-order chi connectivity index (χ0) is 45.1. The fourth-order valence-electron chi connectivity index (χ4n) is 8.16. The summed E-state index contributed by atoms with van der Waals surface area (Å²) in [6, 6.07) is 22.1. The molecule has 15 nitrogen and oxygen atoms in total. The van der Waals surface area contributed by atoms with Crippen molar-refractivity contribution in [2.24, 2.45) is 0 Å². The maximum absolute atomic E-state index is 13.0. The maximum atomic E-state index is 13.0. The zero-order valence-electron chi connectivity index (χ0n) is 36.7. The van der Waals surface area contributed by atoms with E-state index in [2.05, 4.69) is 58.7 Å². The number of hydrogen-bond donors (Lipinski definition) is 2. The normalized spacial score (nSPS) is 17.1. The number of unbranched alkanes of at least 4 members (excludes halogenated alkanes) is 6. The molecule has 16 heteroatoms. The third kappa shape index (κ3) is 11.4. The van der Waals surface area contributed by atoms with Crippen molar-refractivity contribution in [3.63, 3.8) is 0 Å². The number of nitrogens with one attached hydrogen (secondary N) is 2. The average Bonchev–Trinajstić information content (AvgIpc) is 3.77. The molecule has 2 N–H and O–H groups in total. The molecule has 0 bridgehead atoms. The molecule has 3 aliphatic heterocycles. The van der Waals surface area contributed by atoms with Crippen LogP contribution in [0.4, 0.5) is 11.6 Å². The van der Waals surface area contributed by atoms with Crippen molar-refractivity contribution in [3.05, 3.63) is 107 Å². The topological polar surface area (TPSA) is 186 Å². The molecule has 340 valence electrons. The fourth-order valence-corrected chi connectivity index (χ4v) is 9.62. The van der Waals surface area contributed by atoms with Crippen molar-refractivity contribution in [1.29, 1.82) is 0 Å². The Morgan fingerprint density at radius 2 is 1.41 bits per heavy atom. The van der Waals surface area contributed by atoms with E-state index in [4.69, 9.17) is 14.2 Å². The molecular formula is C48H58N6O9S. The van der Waals surface area contributed by atoms with Gasteiger partial charge in [0, 0.05) is 50.0 Å². The van der Waals surface area contributed by atoms with Crippen molar-refractivity contribution in [3.8, 4) is 11.5 Å². The Hall–Kier alpha value is -5.87. The van der Waals surface area contributed by atoms with Gasteiger partial charge in [0.15, 0.2) is 0 Å². The second kappa shape index (κ2) is 21.2. The van der Waals surface area contributed by atoms with Gasteiger partial charge in [-0.25, -0.2) is 22.7 Å². The van der Waals surface area contributed by atoms with E-state index in [0.29, 0.717) is 44.2 Å². The first-order valence-electron chi connectivity index (χ1n) is 22.4. The number of carbonyl (C=O) groups excluding carboxylic acids is 4. The summed E-state index contributed by atoms with van der Waals surface area (Å²) in [4.78, 5) is 59.3. The first-order chi connectivity index (χ1) is 30.9. The van der Waals surface area contributed by atoms with Crippen molar-refractivity contribution in [1.82, 2.24) is 20.2 Å². The number of imide groups is 2. The number of anilines is 2. The van der Waals surface area contributed by atoms with E-state index in [-0.39, 0.29) is 47.7 Å². The van der Waals surface area contributed by atoms with E-state index in [9.17, 15) is 27.6 Å². The number of ether oxygens (including phenoxy) is 3. The van der Waals surface area contributed by atoms with Crippen molar-refractivity contribution in [2.75, 3.05) is 48.3 Å². The molecule has 1 unspecified atom stereocenters. The minimum absolute atomic E-state index is 0.0888. The van der Waals surface area contributed by atoms with Crippen LogP contribution < -0.4 is 24.4 Å². The molecule has 0 aliphatic carbocycles. The van der Waals surface area contributed by atoms with Crippen LogP contribution in [-0.2, 0) is 36.4 Å². The minimum Gasteiger partial charge on any atom is -0.494 e. The second-order valence-electron chi connectivity index (χ2n) is 17.0. The highest BCUT2D eigenvalue weighted by Gasteiger charge is 2.44. The number of amides is 4. The lowest BCUT2D eigenvalue weighted by molar-refractivity contribution is -0.136. The summed E-state index contributed by atoms with van der Waals surface area (Å²) in [6.45, 7) is 7.79. The number of sulfonamides is 1. The Morgan fingerprint density at radius 1 is 0.766 bits per heavy atom. The Kier molecular flexibility index (Phi) is 15.3. The van der Waals surface area contributed by atoms with Crippen LogP contribution in [0.25, 0.3) is 0 Å². The van der Waals surface area contributed by atoms with Gasteiger partial charge in [0.25, 0.3) is 11.8 Å². The summed E-state index contributed by atoms with van der Waals surface area (Å²) in [7, 11) is -3.35. The Bertz CT molecular complexity index is 2390. The van der Waals surface area contributed by atoms with Crippen LogP contribution in [0, 0.1) is 0 Å². The molecule has 3 aliphatic rings. The molecule has 1 aromatic heterocycles. The van der Waals surface area contributed by atoms with Crippen LogP contribution in [0.3, 0.4) is 0 Å². The standard InChI is InChI=1S/C48H58N6O9S/c1-48(2,35-14-19-39(20-15-35)63-33-37-24-26-50-47(51-37)53-27-11-31-64(53,59)60)34-12-17-38(18-13-34)62-30-9-6-4-3-5-8-28-61-29-10-7-25-49-36-16-21-40-41(32-36)46(58)54(45(40)57)42-22-23-43(55)52-44(42)56/h12-21,24,26,32,42,49H,3-11,22-23,25,27-31,33H2,1-2H3,(H,52,55,56). The molecule has 4 amide bonds.